The van der Waals surface area contributed by atoms with Crippen LogP contribution in [0.1, 0.15) is 47.8 Å². The van der Waals surface area contributed by atoms with Gasteiger partial charge in [-0.25, -0.2) is 0 Å². The average Bonchev–Trinajstić information content (AvgIpc) is 3.32. The molecule has 0 saturated carbocycles. The number of para-hydroxylation sites is 1. The molecule has 0 spiro atoms. The number of fused-ring (bicyclic) bond motifs is 1. The number of aromatic amines is 1. The third-order valence-corrected chi connectivity index (χ3v) is 6.91. The Morgan fingerprint density at radius 3 is 2.43 bits per heavy atom. The molecule has 6 heteroatoms. The summed E-state index contributed by atoms with van der Waals surface area (Å²) in [5, 5.41) is 12.5. The van der Waals surface area contributed by atoms with Gasteiger partial charge in [-0.05, 0) is 76.1 Å². The number of hydrogen-bond donors (Lipinski definition) is 2. The van der Waals surface area contributed by atoms with E-state index in [-0.39, 0.29) is 17.4 Å². The monoisotopic (exact) mass is 494 g/mol. The molecule has 188 valence electrons. The van der Waals surface area contributed by atoms with Gasteiger partial charge in [-0.15, -0.1) is 0 Å². The van der Waals surface area contributed by atoms with Crippen molar-refractivity contribution >= 4 is 34.0 Å². The van der Waals surface area contributed by atoms with Gasteiger partial charge >= 0.3 is 0 Å². The zero-order chi connectivity index (χ0) is 26.4. The van der Waals surface area contributed by atoms with Gasteiger partial charge < -0.3 is 14.8 Å². The number of H-pyrrole nitrogens is 1. The highest BCUT2D eigenvalue weighted by molar-refractivity contribution is 6.52. The summed E-state index contributed by atoms with van der Waals surface area (Å²) in [6.07, 6.45) is -0.0541. The number of aromatic nitrogens is 1. The van der Waals surface area contributed by atoms with Crippen molar-refractivity contribution in [1.82, 2.24) is 4.98 Å². The van der Waals surface area contributed by atoms with Crippen LogP contribution >= 0.6 is 0 Å². The molecule has 0 bridgehead atoms. The van der Waals surface area contributed by atoms with E-state index in [0.717, 1.165) is 33.3 Å². The number of nitrogens with zero attached hydrogens (tertiary/aromatic N) is 1. The maximum Gasteiger partial charge on any atom is 0.300 e. The molecule has 0 aliphatic carbocycles. The SMILES string of the molecule is Cc1ccc(N2C(=O)C(=O)/C(=C(/O)c3cccc(OC(C)C)c3)C2c2c(C)[nH]c3ccccc23)cc1C. The van der Waals surface area contributed by atoms with Gasteiger partial charge in [0.2, 0.25) is 0 Å². The number of Topliss-reactive ketones (excluding diaryl/α,β-unsaturated/α-hetero) is 1. The third-order valence-electron chi connectivity index (χ3n) is 6.91. The fraction of sp³-hybridized carbons (Fsp3) is 0.226. The molecule has 0 radical (unpaired) electrons. The van der Waals surface area contributed by atoms with Crippen LogP contribution in [0.5, 0.6) is 5.75 Å². The lowest BCUT2D eigenvalue weighted by molar-refractivity contribution is -0.132. The first-order valence-electron chi connectivity index (χ1n) is 12.4. The molecule has 37 heavy (non-hydrogen) atoms. The molecule has 1 aliphatic heterocycles. The minimum atomic E-state index is -0.812. The quantitative estimate of drug-likeness (QED) is 0.188. The molecule has 1 unspecified atom stereocenters. The van der Waals surface area contributed by atoms with Gasteiger partial charge in [-0.3, -0.25) is 14.5 Å². The minimum Gasteiger partial charge on any atom is -0.507 e. The summed E-state index contributed by atoms with van der Waals surface area (Å²) in [5.41, 5.74) is 5.67. The maximum atomic E-state index is 13.6. The predicted octanol–water partition coefficient (Wildman–Crippen LogP) is 6.51. The van der Waals surface area contributed by atoms with Crippen LogP contribution in [0.2, 0.25) is 0 Å². The van der Waals surface area contributed by atoms with Crippen LogP contribution in [-0.2, 0) is 9.59 Å². The number of carbonyl (C=O) groups is 2. The number of amides is 1. The first kappa shape index (κ1) is 24.4. The predicted molar refractivity (Wildman–Crippen MR) is 146 cm³/mol. The number of anilines is 1. The third kappa shape index (κ3) is 4.18. The van der Waals surface area contributed by atoms with Gasteiger partial charge in [-0.1, -0.05) is 36.4 Å². The Kier molecular flexibility index (Phi) is 6.12. The summed E-state index contributed by atoms with van der Waals surface area (Å²) in [6, 6.07) is 19.6. The van der Waals surface area contributed by atoms with Gasteiger partial charge in [-0.2, -0.15) is 0 Å². The number of aliphatic hydroxyl groups is 1. The van der Waals surface area contributed by atoms with E-state index in [1.165, 1.54) is 4.90 Å². The number of benzene rings is 3. The molecule has 1 aliphatic rings. The first-order chi connectivity index (χ1) is 17.7. The Balaban J connectivity index is 1.78. The largest absolute Gasteiger partial charge is 0.507 e. The Morgan fingerprint density at radius 2 is 1.70 bits per heavy atom. The van der Waals surface area contributed by atoms with Crippen LogP contribution in [0.15, 0.2) is 72.3 Å². The van der Waals surface area contributed by atoms with E-state index < -0.39 is 17.7 Å². The number of aryl methyl sites for hydroxylation is 3. The fourth-order valence-corrected chi connectivity index (χ4v) is 5.04. The number of carbonyl (C=O) groups excluding carboxylic acids is 2. The number of hydrogen-bond acceptors (Lipinski definition) is 4. The Hall–Kier alpha value is -4.32. The topological polar surface area (TPSA) is 82.6 Å². The Labute approximate surface area is 216 Å². The van der Waals surface area contributed by atoms with E-state index in [9.17, 15) is 14.7 Å². The standard InChI is InChI=1S/C31H30N2O4/c1-17(2)37-23-10-8-9-21(16-23)29(34)27-28(26-20(5)32-25-12-7-6-11-24(25)26)33(31(36)30(27)35)22-14-13-18(3)19(4)15-22/h6-17,28,32,34H,1-5H3/b29-27+. The number of ether oxygens (including phenoxy) is 1. The van der Waals surface area contributed by atoms with Crippen LogP contribution in [0.4, 0.5) is 5.69 Å². The van der Waals surface area contributed by atoms with E-state index in [4.69, 9.17) is 4.74 Å². The summed E-state index contributed by atoms with van der Waals surface area (Å²) in [6.45, 7) is 9.73. The number of aliphatic hydroxyl groups excluding tert-OH is 1. The van der Waals surface area contributed by atoms with Gasteiger partial charge in [0.25, 0.3) is 11.7 Å². The lowest BCUT2D eigenvalue weighted by Crippen LogP contribution is -2.29. The molecule has 1 aromatic heterocycles. The molecule has 1 atom stereocenters. The van der Waals surface area contributed by atoms with Gasteiger partial charge in [0.15, 0.2) is 0 Å². The second-order valence-corrected chi connectivity index (χ2v) is 9.84. The molecule has 4 aromatic rings. The van der Waals surface area contributed by atoms with Crippen LogP contribution in [0.3, 0.4) is 0 Å². The van der Waals surface area contributed by atoms with E-state index in [0.29, 0.717) is 17.0 Å². The van der Waals surface area contributed by atoms with Crippen molar-refractivity contribution in [3.8, 4) is 5.75 Å². The van der Waals surface area contributed by atoms with E-state index in [1.807, 2.05) is 77.1 Å². The van der Waals surface area contributed by atoms with Gasteiger partial charge in [0.05, 0.1) is 17.7 Å². The van der Waals surface area contributed by atoms with Crippen molar-refractivity contribution in [2.75, 3.05) is 4.90 Å². The lowest BCUT2D eigenvalue weighted by atomic mass is 9.93. The van der Waals surface area contributed by atoms with Gasteiger partial charge in [0, 0.05) is 33.4 Å². The first-order valence-corrected chi connectivity index (χ1v) is 12.4. The molecule has 2 heterocycles. The molecule has 1 fully saturated rings. The van der Waals surface area contributed by atoms with Crippen LogP contribution in [0.25, 0.3) is 16.7 Å². The second kappa shape index (κ2) is 9.28. The molecular weight excluding hydrogens is 464 g/mol. The van der Waals surface area contributed by atoms with Crippen LogP contribution in [0, 0.1) is 20.8 Å². The minimum absolute atomic E-state index is 0.0535. The summed E-state index contributed by atoms with van der Waals surface area (Å²) in [7, 11) is 0. The number of ketones is 1. The van der Waals surface area contributed by atoms with Crippen LogP contribution < -0.4 is 9.64 Å². The van der Waals surface area contributed by atoms with Crippen molar-refractivity contribution < 1.29 is 19.4 Å². The zero-order valence-electron chi connectivity index (χ0n) is 21.6. The molecule has 5 rings (SSSR count). The normalized spacial score (nSPS) is 17.2. The zero-order valence-corrected chi connectivity index (χ0v) is 21.6. The highest BCUT2D eigenvalue weighted by Gasteiger charge is 2.48. The van der Waals surface area contributed by atoms with Crippen molar-refractivity contribution in [2.45, 2.75) is 46.8 Å². The van der Waals surface area contributed by atoms with Gasteiger partial charge in [0.1, 0.15) is 11.5 Å². The van der Waals surface area contributed by atoms with E-state index in [2.05, 4.69) is 4.98 Å². The van der Waals surface area contributed by atoms with Crippen molar-refractivity contribution in [3.05, 3.63) is 100 Å². The molecule has 1 amide bonds. The summed E-state index contributed by atoms with van der Waals surface area (Å²) >= 11 is 0. The molecule has 3 aromatic carbocycles. The van der Waals surface area contributed by atoms with Crippen molar-refractivity contribution in [3.63, 3.8) is 0 Å². The highest BCUT2D eigenvalue weighted by atomic mass is 16.5. The fourth-order valence-electron chi connectivity index (χ4n) is 5.04. The molecule has 6 nitrogen and oxygen atoms in total. The maximum absolute atomic E-state index is 13.6. The molecule has 1 saturated heterocycles. The highest BCUT2D eigenvalue weighted by Crippen LogP contribution is 2.45. The van der Waals surface area contributed by atoms with Crippen LogP contribution in [-0.4, -0.2) is 27.9 Å². The molecular formula is C31H30N2O4. The van der Waals surface area contributed by atoms with E-state index >= 15 is 0 Å². The smallest absolute Gasteiger partial charge is 0.300 e. The number of rotatable bonds is 5. The summed E-state index contributed by atoms with van der Waals surface area (Å²) < 4.78 is 5.81. The summed E-state index contributed by atoms with van der Waals surface area (Å²) in [4.78, 5) is 32.1. The van der Waals surface area contributed by atoms with Crippen molar-refractivity contribution in [2.24, 2.45) is 0 Å². The average molecular weight is 495 g/mol. The van der Waals surface area contributed by atoms with E-state index in [1.54, 1.807) is 24.3 Å². The van der Waals surface area contributed by atoms with Crippen molar-refractivity contribution in [1.29, 1.82) is 0 Å². The molecule has 2 N–H and O–H groups in total. The number of nitrogens with one attached hydrogen (secondary N) is 1. The Morgan fingerprint density at radius 1 is 0.946 bits per heavy atom. The Bertz CT molecular complexity index is 1580. The summed E-state index contributed by atoms with van der Waals surface area (Å²) in [5.74, 6) is -1.05. The lowest BCUT2D eigenvalue weighted by Gasteiger charge is -2.26. The second-order valence-electron chi connectivity index (χ2n) is 9.84.